The third kappa shape index (κ3) is 7.31. The molecule has 0 aromatic heterocycles. The van der Waals surface area contributed by atoms with Gasteiger partial charge in [0.2, 0.25) is 6.79 Å². The van der Waals surface area contributed by atoms with E-state index in [-0.39, 0.29) is 59.8 Å². The molecule has 0 saturated carbocycles. The molecule has 1 unspecified atom stereocenters. The summed E-state index contributed by atoms with van der Waals surface area (Å²) in [5, 5.41) is 10.5. The number of carbonyl (C=O) groups is 5. The zero-order valence-electron chi connectivity index (χ0n) is 39.0. The lowest BCUT2D eigenvalue weighted by atomic mass is 9.71. The summed E-state index contributed by atoms with van der Waals surface area (Å²) in [7, 11) is 4.68. The lowest BCUT2D eigenvalue weighted by Gasteiger charge is -2.62. The Hall–Kier alpha value is -7.41. The molecule has 4 bridgehead atoms. The Labute approximate surface area is 406 Å². The molecule has 21 heteroatoms. The van der Waals surface area contributed by atoms with Gasteiger partial charge >= 0.3 is 30.3 Å². The zero-order valence-corrected chi connectivity index (χ0v) is 39.8. The van der Waals surface area contributed by atoms with Crippen LogP contribution in [0.5, 0.6) is 40.2 Å². The number of benzene rings is 3. The summed E-state index contributed by atoms with van der Waals surface area (Å²) < 4.78 is 63.6. The maximum atomic E-state index is 15.6. The van der Waals surface area contributed by atoms with Crippen molar-refractivity contribution in [3.8, 4) is 46.3 Å². The van der Waals surface area contributed by atoms with Gasteiger partial charge in [0, 0.05) is 53.6 Å². The van der Waals surface area contributed by atoms with Gasteiger partial charge in [0.25, 0.3) is 0 Å². The number of esters is 2. The Morgan fingerprint density at radius 1 is 0.857 bits per heavy atom. The van der Waals surface area contributed by atoms with Gasteiger partial charge in [-0.1, -0.05) is 25.8 Å². The molecule has 0 radical (unpaired) electrons. The molecule has 366 valence electrons. The zero-order chi connectivity index (χ0) is 49.9. The number of amides is 1. The predicted molar refractivity (Wildman–Crippen MR) is 245 cm³/mol. The number of fused-ring (bicyclic) bond motifs is 9. The van der Waals surface area contributed by atoms with Crippen LogP contribution in [0.4, 0.5) is 14.4 Å². The fourth-order valence-corrected chi connectivity index (χ4v) is 12.9. The summed E-state index contributed by atoms with van der Waals surface area (Å²) >= 11 is 1.23. The summed E-state index contributed by atoms with van der Waals surface area (Å²) in [4.78, 5) is 74.4. The van der Waals surface area contributed by atoms with E-state index in [1.54, 1.807) is 6.92 Å². The number of nitrogens with zero attached hydrogens (tertiary/aromatic N) is 4. The minimum absolute atomic E-state index is 0.00821. The number of hydrogen-bond donors (Lipinski definition) is 0. The van der Waals surface area contributed by atoms with E-state index in [0.29, 0.717) is 51.3 Å². The van der Waals surface area contributed by atoms with Crippen molar-refractivity contribution < 1.29 is 76.1 Å². The van der Waals surface area contributed by atoms with Crippen LogP contribution in [0.3, 0.4) is 0 Å². The van der Waals surface area contributed by atoms with Crippen molar-refractivity contribution >= 4 is 42.1 Å². The number of piperazine rings is 1. The number of methoxy groups -OCH3 is 2. The molecule has 3 aromatic rings. The van der Waals surface area contributed by atoms with E-state index in [4.69, 9.17) is 52.1 Å². The molecule has 20 nitrogen and oxygen atoms in total. The van der Waals surface area contributed by atoms with E-state index in [2.05, 4.69) is 30.7 Å². The highest BCUT2D eigenvalue weighted by molar-refractivity contribution is 7.99. The number of likely N-dealkylation sites (N-methyl/N-ethyl adjacent to an activating group) is 1. The Morgan fingerprint density at radius 3 is 2.24 bits per heavy atom. The summed E-state index contributed by atoms with van der Waals surface area (Å²) in [6.07, 6.45) is 0.197. The first-order valence-corrected chi connectivity index (χ1v) is 23.1. The molecular weight excluding hydrogens is 933 g/mol. The second-order valence-electron chi connectivity index (χ2n) is 17.1. The molecule has 0 N–H and O–H groups in total. The highest BCUT2D eigenvalue weighted by Gasteiger charge is 2.63. The summed E-state index contributed by atoms with van der Waals surface area (Å²) in [6.45, 7) is 14.6. The maximum absolute atomic E-state index is 15.6. The van der Waals surface area contributed by atoms with Gasteiger partial charge < -0.3 is 52.1 Å². The Kier molecular flexibility index (Phi) is 12.6. The maximum Gasteiger partial charge on any atom is 0.518 e. The molecular formula is C49H48N4O16S. The average Bonchev–Trinajstić information content (AvgIpc) is 3.82. The molecule has 2 saturated heterocycles. The Morgan fingerprint density at radius 2 is 1.57 bits per heavy atom. The molecule has 7 aliphatic heterocycles. The van der Waals surface area contributed by atoms with Crippen molar-refractivity contribution in [1.29, 1.82) is 5.26 Å². The van der Waals surface area contributed by atoms with E-state index in [9.17, 15) is 24.4 Å². The molecule has 1 spiro atoms. The van der Waals surface area contributed by atoms with Crippen LogP contribution in [0.15, 0.2) is 56.7 Å². The van der Waals surface area contributed by atoms with Crippen LogP contribution in [-0.4, -0.2) is 110 Å². The molecule has 3 aromatic carbocycles. The Balaban J connectivity index is 1.34. The fourth-order valence-electron chi connectivity index (χ4n) is 11.2. The average molecular weight is 981 g/mol. The number of ether oxygens (including phenoxy) is 11. The highest BCUT2D eigenvalue weighted by Crippen LogP contribution is 2.65. The summed E-state index contributed by atoms with van der Waals surface area (Å²) in [6, 6.07) is 3.63. The van der Waals surface area contributed by atoms with Crippen molar-refractivity contribution in [2.24, 2.45) is 0 Å². The van der Waals surface area contributed by atoms with Crippen LogP contribution in [0, 0.1) is 25.2 Å². The first-order valence-electron chi connectivity index (χ1n) is 22.0. The van der Waals surface area contributed by atoms with E-state index in [1.807, 2.05) is 24.9 Å². The topological polar surface area (TPSA) is 220 Å². The van der Waals surface area contributed by atoms with Gasteiger partial charge in [-0.3, -0.25) is 19.5 Å². The SMILES string of the molecule is C=COC(=O)Oc1cc2c(cc1OC)[C@@]1(CS[C@@H]3c4c(OC(C)=O)c(C)c5c(c4[C@H](COC1=O)N1C3[C@H]3c4c(cc(C)c(OC)c4OC(=O)OC=C)C[C@@H]([C@@H]1C#N)N3C)OCO5)N(C(=O)OC=C)CC2. The largest absolute Gasteiger partial charge is 0.518 e. The smallest absolute Gasteiger partial charge is 0.493 e. The molecule has 0 aliphatic carbocycles. The lowest BCUT2D eigenvalue weighted by molar-refractivity contribution is -0.162. The number of carbonyl (C=O) groups excluding carboxylic acids is 5. The van der Waals surface area contributed by atoms with Gasteiger partial charge in [-0.25, -0.2) is 19.2 Å². The van der Waals surface area contributed by atoms with Crippen molar-refractivity contribution in [3.05, 3.63) is 101 Å². The number of rotatable bonds is 8. The van der Waals surface area contributed by atoms with Gasteiger partial charge in [0.15, 0.2) is 40.0 Å². The van der Waals surface area contributed by atoms with Crippen LogP contribution in [-0.2, 0) is 46.9 Å². The quantitative estimate of drug-likeness (QED) is 0.0737. The van der Waals surface area contributed by atoms with Crippen molar-refractivity contribution in [3.63, 3.8) is 0 Å². The van der Waals surface area contributed by atoms with Crippen molar-refractivity contribution in [2.75, 3.05) is 47.0 Å². The number of thioether (sulfide) groups is 1. The molecule has 2 fully saturated rings. The number of hydrogen-bond acceptors (Lipinski definition) is 20. The number of nitriles is 1. The molecule has 7 atom stereocenters. The van der Waals surface area contributed by atoms with Gasteiger partial charge in [-0.15, -0.1) is 11.8 Å². The molecule has 1 amide bonds. The summed E-state index contributed by atoms with van der Waals surface area (Å²) in [5.41, 5.74) is 2.16. The third-order valence-electron chi connectivity index (χ3n) is 13.8. The predicted octanol–water partition coefficient (Wildman–Crippen LogP) is 6.89. The minimum Gasteiger partial charge on any atom is -0.493 e. The second kappa shape index (κ2) is 18.5. The number of aryl methyl sites for hydroxylation is 1. The molecule has 7 heterocycles. The van der Waals surface area contributed by atoms with E-state index in [1.165, 1.54) is 49.9 Å². The standard InChI is InChI=1S/C49H48N4O16S/c1-10-61-46(56)52-14-13-26-17-33(68-47(57)62-11-2)32(59-8)18-28(26)49(52)21-70-44-36-35(42-41(65-22-66-42)24(5)40(36)67-25(6)54)31(20-64-45(49)55)53-30(19-50)29-16-27-15-23(4)39(60-9)43(69-48(58)63-12-3)34(27)37(38(44)53)51(29)7/h10-12,15,17-18,29-31,37-38,44H,1-3,13-14,16,20-22H2,4-9H3/t29-,30-,31-,37+,38?,44+,49+/m0/s1. The van der Waals surface area contributed by atoms with E-state index >= 15 is 4.79 Å². The van der Waals surface area contributed by atoms with Crippen LogP contribution in [0.1, 0.15) is 68.8 Å². The first kappa shape index (κ1) is 47.6. The third-order valence-corrected chi connectivity index (χ3v) is 15.2. The van der Waals surface area contributed by atoms with Crippen LogP contribution in [0.2, 0.25) is 0 Å². The first-order chi connectivity index (χ1) is 33.7. The molecule has 10 rings (SSSR count). The fraction of sp³-hybridized carbons (Fsp3) is 0.388. The van der Waals surface area contributed by atoms with Crippen LogP contribution < -0.4 is 33.2 Å². The molecule has 70 heavy (non-hydrogen) atoms. The lowest BCUT2D eigenvalue weighted by Crippen LogP contribution is -2.69. The van der Waals surface area contributed by atoms with Crippen LogP contribution in [0.25, 0.3) is 0 Å². The highest BCUT2D eigenvalue weighted by atomic mass is 32.2. The minimum atomic E-state index is -2.01. The van der Waals surface area contributed by atoms with Crippen LogP contribution >= 0.6 is 11.8 Å². The second-order valence-corrected chi connectivity index (χ2v) is 18.2. The molecule has 7 aliphatic rings. The summed E-state index contributed by atoms with van der Waals surface area (Å²) in [5.74, 6) is -0.650. The normalized spacial score (nSPS) is 24.7. The van der Waals surface area contributed by atoms with Crippen molar-refractivity contribution in [2.45, 2.75) is 74.6 Å². The van der Waals surface area contributed by atoms with Crippen molar-refractivity contribution in [1.82, 2.24) is 14.7 Å². The van der Waals surface area contributed by atoms with Gasteiger partial charge in [0.05, 0.1) is 56.4 Å². The van der Waals surface area contributed by atoms with E-state index in [0.717, 1.165) is 24.3 Å². The van der Waals surface area contributed by atoms with Gasteiger partial charge in [-0.2, -0.15) is 5.26 Å². The van der Waals surface area contributed by atoms with Gasteiger partial charge in [-0.05, 0) is 68.1 Å². The Bertz CT molecular complexity index is 2830. The van der Waals surface area contributed by atoms with Gasteiger partial charge in [0.1, 0.15) is 18.4 Å². The monoisotopic (exact) mass is 980 g/mol. The van der Waals surface area contributed by atoms with E-state index < -0.39 is 77.9 Å².